The number of pyridine rings is 1. The van der Waals surface area contributed by atoms with Crippen LogP contribution in [0, 0.1) is 11.3 Å². The molecule has 4 heteroatoms. The number of nitrogens with one attached hydrogen (secondary N) is 1. The Bertz CT molecular complexity index is 481. The summed E-state index contributed by atoms with van der Waals surface area (Å²) in [5.41, 5.74) is 1.32. The van der Waals surface area contributed by atoms with Gasteiger partial charge in [0.05, 0.1) is 12.7 Å². The lowest BCUT2D eigenvalue weighted by Gasteiger charge is -2.00. The van der Waals surface area contributed by atoms with E-state index < -0.39 is 0 Å². The zero-order chi connectivity index (χ0) is 9.26. The van der Waals surface area contributed by atoms with Crippen LogP contribution in [0.4, 0.5) is 0 Å². The molecule has 64 valence electrons. The van der Waals surface area contributed by atoms with Gasteiger partial charge in [-0.15, -0.1) is 0 Å². The van der Waals surface area contributed by atoms with Crippen molar-refractivity contribution < 1.29 is 4.74 Å². The van der Waals surface area contributed by atoms with Gasteiger partial charge in [0.25, 0.3) is 0 Å². The molecule has 0 bridgehead atoms. The highest BCUT2D eigenvalue weighted by Crippen LogP contribution is 2.23. The number of nitrogens with zero attached hydrogens (tertiary/aromatic N) is 2. The van der Waals surface area contributed by atoms with Gasteiger partial charge in [0, 0.05) is 17.8 Å². The van der Waals surface area contributed by atoms with Crippen LogP contribution in [0.1, 0.15) is 5.56 Å². The van der Waals surface area contributed by atoms with Gasteiger partial charge >= 0.3 is 0 Å². The number of methoxy groups -OCH3 is 1. The normalized spacial score (nSPS) is 9.85. The van der Waals surface area contributed by atoms with Gasteiger partial charge in [-0.05, 0) is 6.07 Å². The van der Waals surface area contributed by atoms with Crippen LogP contribution in [0.5, 0.6) is 5.88 Å². The molecule has 0 fully saturated rings. The van der Waals surface area contributed by atoms with Crippen LogP contribution in [0.3, 0.4) is 0 Å². The molecular formula is C9H7N3O. The van der Waals surface area contributed by atoms with Crippen molar-refractivity contribution in [2.45, 2.75) is 0 Å². The summed E-state index contributed by atoms with van der Waals surface area (Å²) >= 11 is 0. The summed E-state index contributed by atoms with van der Waals surface area (Å²) in [7, 11) is 1.55. The molecule has 2 heterocycles. The fourth-order valence-electron chi connectivity index (χ4n) is 1.27. The van der Waals surface area contributed by atoms with E-state index in [4.69, 9.17) is 10.00 Å². The maximum atomic E-state index is 8.77. The second-order valence-electron chi connectivity index (χ2n) is 2.56. The molecule has 0 atom stereocenters. The number of ether oxygens (including phenoxy) is 1. The first-order valence-electron chi connectivity index (χ1n) is 3.77. The first kappa shape index (κ1) is 7.62. The molecule has 4 nitrogen and oxygen atoms in total. The topological polar surface area (TPSA) is 61.7 Å². The fourth-order valence-corrected chi connectivity index (χ4v) is 1.27. The highest BCUT2D eigenvalue weighted by molar-refractivity contribution is 5.88. The molecule has 0 aliphatic carbocycles. The molecule has 2 aromatic rings. The molecule has 0 unspecified atom stereocenters. The van der Waals surface area contributed by atoms with Gasteiger partial charge in [-0.1, -0.05) is 0 Å². The van der Waals surface area contributed by atoms with E-state index in [0.717, 1.165) is 10.9 Å². The summed E-state index contributed by atoms with van der Waals surface area (Å²) < 4.78 is 5.03. The van der Waals surface area contributed by atoms with E-state index in [1.165, 1.54) is 6.20 Å². The van der Waals surface area contributed by atoms with Crippen molar-refractivity contribution >= 4 is 10.9 Å². The lowest BCUT2D eigenvalue weighted by Crippen LogP contribution is -1.90. The van der Waals surface area contributed by atoms with Gasteiger partial charge in [-0.2, -0.15) is 5.26 Å². The van der Waals surface area contributed by atoms with Crippen LogP contribution < -0.4 is 4.74 Å². The average molecular weight is 173 g/mol. The zero-order valence-corrected chi connectivity index (χ0v) is 7.03. The Kier molecular flexibility index (Phi) is 1.64. The Morgan fingerprint density at radius 2 is 2.46 bits per heavy atom. The van der Waals surface area contributed by atoms with Crippen LogP contribution in [0.2, 0.25) is 0 Å². The smallest absolute Gasteiger partial charge is 0.238 e. The van der Waals surface area contributed by atoms with Gasteiger partial charge in [-0.3, -0.25) is 0 Å². The van der Waals surface area contributed by atoms with E-state index in [-0.39, 0.29) is 0 Å². The summed E-state index contributed by atoms with van der Waals surface area (Å²) in [6, 6.07) is 3.90. The predicted octanol–water partition coefficient (Wildman–Crippen LogP) is 1.44. The lowest BCUT2D eigenvalue weighted by atomic mass is 10.2. The number of fused-ring (bicyclic) bond motifs is 1. The molecule has 13 heavy (non-hydrogen) atoms. The molecule has 0 spiro atoms. The van der Waals surface area contributed by atoms with Crippen molar-refractivity contribution in [1.82, 2.24) is 9.97 Å². The van der Waals surface area contributed by atoms with E-state index in [0.29, 0.717) is 11.4 Å². The second kappa shape index (κ2) is 2.79. The number of hydrogen-bond donors (Lipinski definition) is 1. The van der Waals surface area contributed by atoms with Crippen LogP contribution in [-0.2, 0) is 0 Å². The number of aromatic nitrogens is 2. The summed E-state index contributed by atoms with van der Waals surface area (Å²) in [6.07, 6.45) is 3.27. The molecule has 0 amide bonds. The maximum absolute atomic E-state index is 8.77. The third kappa shape index (κ3) is 1.02. The fraction of sp³-hybridized carbons (Fsp3) is 0.111. The monoisotopic (exact) mass is 173 g/mol. The summed E-state index contributed by atoms with van der Waals surface area (Å²) in [5, 5.41) is 9.61. The van der Waals surface area contributed by atoms with Crippen molar-refractivity contribution in [3.05, 3.63) is 24.0 Å². The standard InChI is InChI=1S/C9H7N3O/c1-13-9-8-7(2-3-11-8)6(4-10)5-12-9/h2-3,5,11H,1H3. The molecule has 0 aliphatic rings. The van der Waals surface area contributed by atoms with E-state index in [9.17, 15) is 0 Å². The molecular weight excluding hydrogens is 166 g/mol. The molecule has 0 saturated carbocycles. The molecule has 0 saturated heterocycles. The first-order chi connectivity index (χ1) is 6.36. The van der Waals surface area contributed by atoms with E-state index in [1.54, 1.807) is 13.3 Å². The number of nitriles is 1. The molecule has 0 radical (unpaired) electrons. The maximum Gasteiger partial charge on any atom is 0.238 e. The van der Waals surface area contributed by atoms with Crippen LogP contribution in [0.15, 0.2) is 18.5 Å². The van der Waals surface area contributed by atoms with Gasteiger partial charge in [0.15, 0.2) is 0 Å². The van der Waals surface area contributed by atoms with Crippen molar-refractivity contribution in [3.8, 4) is 11.9 Å². The molecule has 2 rings (SSSR count). The van der Waals surface area contributed by atoms with Gasteiger partial charge in [0.1, 0.15) is 11.6 Å². The van der Waals surface area contributed by atoms with E-state index in [2.05, 4.69) is 16.0 Å². The minimum atomic E-state index is 0.513. The number of H-pyrrole nitrogens is 1. The van der Waals surface area contributed by atoms with Gasteiger partial charge in [-0.25, -0.2) is 4.98 Å². The lowest BCUT2D eigenvalue weighted by molar-refractivity contribution is 0.402. The van der Waals surface area contributed by atoms with Gasteiger partial charge < -0.3 is 9.72 Å². The van der Waals surface area contributed by atoms with Crippen molar-refractivity contribution in [2.75, 3.05) is 7.11 Å². The Hall–Kier alpha value is -2.02. The van der Waals surface area contributed by atoms with Crippen molar-refractivity contribution in [1.29, 1.82) is 5.26 Å². The third-order valence-electron chi connectivity index (χ3n) is 1.88. The van der Waals surface area contributed by atoms with Crippen molar-refractivity contribution in [2.24, 2.45) is 0 Å². The molecule has 1 N–H and O–H groups in total. The van der Waals surface area contributed by atoms with Crippen molar-refractivity contribution in [3.63, 3.8) is 0 Å². The minimum Gasteiger partial charge on any atom is -0.479 e. The predicted molar refractivity (Wildman–Crippen MR) is 47.4 cm³/mol. The second-order valence-corrected chi connectivity index (χ2v) is 2.56. The number of hydrogen-bond acceptors (Lipinski definition) is 3. The largest absolute Gasteiger partial charge is 0.479 e. The first-order valence-corrected chi connectivity index (χ1v) is 3.77. The summed E-state index contributed by atoms with van der Waals surface area (Å²) in [6.45, 7) is 0. The number of rotatable bonds is 1. The van der Waals surface area contributed by atoms with Crippen LogP contribution >= 0.6 is 0 Å². The highest BCUT2D eigenvalue weighted by atomic mass is 16.5. The van der Waals surface area contributed by atoms with Gasteiger partial charge in [0.2, 0.25) is 5.88 Å². The SMILES string of the molecule is COc1ncc(C#N)c2cc[nH]c12. The third-order valence-corrected chi connectivity index (χ3v) is 1.88. The minimum absolute atomic E-state index is 0.513. The van der Waals surface area contributed by atoms with Crippen LogP contribution in [-0.4, -0.2) is 17.1 Å². The Balaban J connectivity index is 2.83. The Morgan fingerprint density at radius 3 is 3.15 bits per heavy atom. The number of aromatic amines is 1. The quantitative estimate of drug-likeness (QED) is 0.709. The zero-order valence-electron chi connectivity index (χ0n) is 7.03. The molecule has 0 aromatic carbocycles. The van der Waals surface area contributed by atoms with E-state index in [1.807, 2.05) is 6.07 Å². The molecule has 0 aliphatic heterocycles. The summed E-state index contributed by atoms with van der Waals surface area (Å²) in [5.74, 6) is 0.513. The molecule has 2 aromatic heterocycles. The average Bonchev–Trinajstić information content (AvgIpc) is 2.64. The van der Waals surface area contributed by atoms with Crippen LogP contribution in [0.25, 0.3) is 10.9 Å². The Labute approximate surface area is 74.8 Å². The highest BCUT2D eigenvalue weighted by Gasteiger charge is 2.07. The van der Waals surface area contributed by atoms with E-state index >= 15 is 0 Å². The Morgan fingerprint density at radius 1 is 1.62 bits per heavy atom. The summed E-state index contributed by atoms with van der Waals surface area (Å²) in [4.78, 5) is 6.97.